The van der Waals surface area contributed by atoms with Gasteiger partial charge in [0.1, 0.15) is 11.8 Å². The lowest BCUT2D eigenvalue weighted by Crippen LogP contribution is -2.50. The average Bonchev–Trinajstić information content (AvgIpc) is 2.82. The van der Waals surface area contributed by atoms with Crippen molar-refractivity contribution in [3.05, 3.63) is 60.2 Å². The zero-order valence-corrected chi connectivity index (χ0v) is 19.2. The van der Waals surface area contributed by atoms with Gasteiger partial charge in [0.2, 0.25) is 11.8 Å². The Labute approximate surface area is 189 Å². The molecular formula is C25H32N2O3S. The first-order valence-corrected chi connectivity index (χ1v) is 12.0. The number of carbonyl (C=O) groups is 2. The van der Waals surface area contributed by atoms with Crippen LogP contribution in [-0.2, 0) is 16.1 Å². The molecule has 0 aliphatic heterocycles. The number of hydrogen-bond acceptors (Lipinski definition) is 4. The lowest BCUT2D eigenvalue weighted by Gasteiger charge is -2.31. The van der Waals surface area contributed by atoms with E-state index in [1.165, 1.54) is 18.2 Å². The van der Waals surface area contributed by atoms with Crippen molar-refractivity contribution >= 4 is 23.6 Å². The van der Waals surface area contributed by atoms with Crippen LogP contribution < -0.4 is 10.1 Å². The van der Waals surface area contributed by atoms with Crippen LogP contribution in [0.3, 0.4) is 0 Å². The van der Waals surface area contributed by atoms with Gasteiger partial charge in [-0.1, -0.05) is 49.6 Å². The zero-order valence-electron chi connectivity index (χ0n) is 18.4. The fourth-order valence-electron chi connectivity index (χ4n) is 3.82. The molecular weight excluding hydrogens is 408 g/mol. The maximum Gasteiger partial charge on any atom is 0.242 e. The highest BCUT2D eigenvalue weighted by Gasteiger charge is 2.28. The highest BCUT2D eigenvalue weighted by Crippen LogP contribution is 2.21. The Morgan fingerprint density at radius 2 is 1.74 bits per heavy atom. The predicted molar refractivity (Wildman–Crippen MR) is 125 cm³/mol. The highest BCUT2D eigenvalue weighted by molar-refractivity contribution is 8.00. The normalized spacial score (nSPS) is 15.2. The molecule has 3 rings (SSSR count). The second-order valence-electron chi connectivity index (χ2n) is 7.99. The molecule has 0 saturated heterocycles. The fraction of sp³-hybridized carbons (Fsp3) is 0.440. The van der Waals surface area contributed by atoms with Crippen LogP contribution in [0.5, 0.6) is 5.75 Å². The molecule has 1 N–H and O–H groups in total. The second kappa shape index (κ2) is 11.8. The van der Waals surface area contributed by atoms with E-state index in [9.17, 15) is 9.59 Å². The second-order valence-corrected chi connectivity index (χ2v) is 9.04. The van der Waals surface area contributed by atoms with E-state index < -0.39 is 6.04 Å². The molecule has 1 atom stereocenters. The molecule has 31 heavy (non-hydrogen) atoms. The minimum Gasteiger partial charge on any atom is -0.497 e. The third-order valence-electron chi connectivity index (χ3n) is 5.74. The molecule has 2 aromatic carbocycles. The summed E-state index contributed by atoms with van der Waals surface area (Å²) in [4.78, 5) is 28.9. The standard InChI is InChI=1S/C25H32N2O3S/c1-19(25(29)26-21-9-5-3-6-10-21)27(17-20-13-15-22(30-2)16-14-20)24(28)18-31-23-11-7-4-8-12-23/h4,7-8,11-16,19,21H,3,5-6,9-10,17-18H2,1-2H3,(H,26,29)/t19-/m0/s1. The van der Waals surface area contributed by atoms with Gasteiger partial charge < -0.3 is 15.0 Å². The molecule has 5 nitrogen and oxygen atoms in total. The first-order valence-electron chi connectivity index (χ1n) is 11.0. The lowest BCUT2D eigenvalue weighted by molar-refractivity contribution is -0.139. The molecule has 166 valence electrons. The number of thioether (sulfide) groups is 1. The molecule has 0 bridgehead atoms. The number of nitrogens with one attached hydrogen (secondary N) is 1. The molecule has 0 heterocycles. The Kier molecular flexibility index (Phi) is 8.83. The largest absolute Gasteiger partial charge is 0.497 e. The molecule has 2 amide bonds. The number of nitrogens with zero attached hydrogens (tertiary/aromatic N) is 1. The Hall–Kier alpha value is -2.47. The van der Waals surface area contributed by atoms with E-state index in [4.69, 9.17) is 4.74 Å². The van der Waals surface area contributed by atoms with Crippen molar-refractivity contribution in [2.24, 2.45) is 0 Å². The summed E-state index contributed by atoms with van der Waals surface area (Å²) in [5.41, 5.74) is 0.969. The van der Waals surface area contributed by atoms with Gasteiger partial charge in [-0.3, -0.25) is 9.59 Å². The fourth-order valence-corrected chi connectivity index (χ4v) is 4.63. The summed E-state index contributed by atoms with van der Waals surface area (Å²) in [7, 11) is 1.63. The number of rotatable bonds is 9. The first-order chi connectivity index (χ1) is 15.1. The minimum absolute atomic E-state index is 0.0454. The zero-order chi connectivity index (χ0) is 22.1. The van der Waals surface area contributed by atoms with E-state index >= 15 is 0 Å². The van der Waals surface area contributed by atoms with E-state index in [-0.39, 0.29) is 17.9 Å². The van der Waals surface area contributed by atoms with Crippen LogP contribution in [0.4, 0.5) is 0 Å². The third-order valence-corrected chi connectivity index (χ3v) is 6.73. The van der Waals surface area contributed by atoms with Crippen LogP contribution in [0, 0.1) is 0 Å². The Morgan fingerprint density at radius 1 is 1.06 bits per heavy atom. The van der Waals surface area contributed by atoms with Gasteiger partial charge >= 0.3 is 0 Å². The van der Waals surface area contributed by atoms with Gasteiger partial charge in [-0.2, -0.15) is 0 Å². The first kappa shape index (κ1) is 23.2. The van der Waals surface area contributed by atoms with Crippen molar-refractivity contribution in [3.8, 4) is 5.75 Å². The topological polar surface area (TPSA) is 58.6 Å². The number of hydrogen-bond donors (Lipinski definition) is 1. The predicted octanol–water partition coefficient (Wildman–Crippen LogP) is 4.65. The molecule has 0 radical (unpaired) electrons. The van der Waals surface area contributed by atoms with Crippen molar-refractivity contribution in [2.75, 3.05) is 12.9 Å². The Balaban J connectivity index is 1.69. The van der Waals surface area contributed by atoms with Crippen LogP contribution in [0.25, 0.3) is 0 Å². The summed E-state index contributed by atoms with van der Waals surface area (Å²) in [6.45, 7) is 2.21. The summed E-state index contributed by atoms with van der Waals surface area (Å²) in [5.74, 6) is 0.945. The molecule has 1 fully saturated rings. The monoisotopic (exact) mass is 440 g/mol. The average molecular weight is 441 g/mol. The SMILES string of the molecule is COc1ccc(CN(C(=O)CSc2ccccc2)[C@@H](C)C(=O)NC2CCCCC2)cc1. The molecule has 0 spiro atoms. The van der Waals surface area contributed by atoms with Crippen LogP contribution in [-0.4, -0.2) is 41.7 Å². The van der Waals surface area contributed by atoms with Gasteiger partial charge in [-0.05, 0) is 49.6 Å². The highest BCUT2D eigenvalue weighted by atomic mass is 32.2. The van der Waals surface area contributed by atoms with Gasteiger partial charge in [-0.25, -0.2) is 0 Å². The Bertz CT molecular complexity index is 836. The smallest absolute Gasteiger partial charge is 0.242 e. The maximum absolute atomic E-state index is 13.2. The van der Waals surface area contributed by atoms with Gasteiger partial charge in [0, 0.05) is 17.5 Å². The molecule has 1 saturated carbocycles. The maximum atomic E-state index is 13.2. The molecule has 1 aliphatic carbocycles. The van der Waals surface area contributed by atoms with E-state index in [0.29, 0.717) is 12.3 Å². The van der Waals surface area contributed by atoms with E-state index in [2.05, 4.69) is 5.32 Å². The molecule has 0 aromatic heterocycles. The molecule has 6 heteroatoms. The summed E-state index contributed by atoms with van der Waals surface area (Å²) in [5, 5.41) is 3.17. The minimum atomic E-state index is -0.534. The molecule has 1 aliphatic rings. The third kappa shape index (κ3) is 7.03. The van der Waals surface area contributed by atoms with Crippen molar-refractivity contribution in [1.29, 1.82) is 0 Å². The van der Waals surface area contributed by atoms with E-state index in [1.807, 2.05) is 61.5 Å². The molecule has 2 aromatic rings. The van der Waals surface area contributed by atoms with E-state index in [0.717, 1.165) is 41.9 Å². The lowest BCUT2D eigenvalue weighted by atomic mass is 9.95. The van der Waals surface area contributed by atoms with Crippen molar-refractivity contribution in [3.63, 3.8) is 0 Å². The quantitative estimate of drug-likeness (QED) is 0.577. The number of benzene rings is 2. The summed E-state index contributed by atoms with van der Waals surface area (Å²) >= 11 is 1.50. The van der Waals surface area contributed by atoms with Crippen LogP contribution in [0.2, 0.25) is 0 Å². The summed E-state index contributed by atoms with van der Waals surface area (Å²) < 4.78 is 5.23. The van der Waals surface area contributed by atoms with Gasteiger partial charge in [0.15, 0.2) is 0 Å². The van der Waals surface area contributed by atoms with Crippen LogP contribution in [0.1, 0.15) is 44.6 Å². The van der Waals surface area contributed by atoms with Crippen LogP contribution in [0.15, 0.2) is 59.5 Å². The van der Waals surface area contributed by atoms with E-state index in [1.54, 1.807) is 12.0 Å². The number of carbonyl (C=O) groups excluding carboxylic acids is 2. The molecule has 0 unspecified atom stereocenters. The Morgan fingerprint density at radius 3 is 2.39 bits per heavy atom. The van der Waals surface area contributed by atoms with Gasteiger partial charge in [0.05, 0.1) is 12.9 Å². The van der Waals surface area contributed by atoms with Crippen molar-refractivity contribution in [2.45, 2.75) is 62.6 Å². The van der Waals surface area contributed by atoms with Gasteiger partial charge in [-0.15, -0.1) is 11.8 Å². The number of methoxy groups -OCH3 is 1. The summed E-state index contributed by atoms with van der Waals surface area (Å²) in [6.07, 6.45) is 5.59. The van der Waals surface area contributed by atoms with Crippen molar-refractivity contribution in [1.82, 2.24) is 10.2 Å². The van der Waals surface area contributed by atoms with Gasteiger partial charge in [0.25, 0.3) is 0 Å². The van der Waals surface area contributed by atoms with Crippen LogP contribution >= 0.6 is 11.8 Å². The number of amides is 2. The summed E-state index contributed by atoms with van der Waals surface area (Å²) in [6, 6.07) is 17.2. The number of ether oxygens (including phenoxy) is 1. The van der Waals surface area contributed by atoms with Crippen molar-refractivity contribution < 1.29 is 14.3 Å².